The predicted octanol–water partition coefficient (Wildman–Crippen LogP) is 2.66. The first kappa shape index (κ1) is 35.0. The number of hydrogen-bond acceptors (Lipinski definition) is 7. The maximum absolute atomic E-state index is 14.6. The van der Waals surface area contributed by atoms with Gasteiger partial charge in [0.1, 0.15) is 12.1 Å². The fourth-order valence-electron chi connectivity index (χ4n) is 8.81. The van der Waals surface area contributed by atoms with Gasteiger partial charge in [0, 0.05) is 49.3 Å². The summed E-state index contributed by atoms with van der Waals surface area (Å²) in [5.41, 5.74) is 0.894. The summed E-state index contributed by atoms with van der Waals surface area (Å²) in [5, 5.41) is 11.6. The molecule has 5 fully saturated rings. The zero-order valence-corrected chi connectivity index (χ0v) is 28.5. The first-order chi connectivity index (χ1) is 23.8. The average Bonchev–Trinajstić information content (AvgIpc) is 3.96. The molecule has 5 atom stereocenters. The quantitative estimate of drug-likeness (QED) is 0.247. The number of ketones is 1. The molecule has 12 nitrogen and oxygen atoms in total. The van der Waals surface area contributed by atoms with Crippen molar-refractivity contribution in [1.82, 2.24) is 31.2 Å². The van der Waals surface area contributed by atoms with E-state index in [0.29, 0.717) is 19.4 Å². The van der Waals surface area contributed by atoms with Gasteiger partial charge in [-0.2, -0.15) is 0 Å². The molecule has 49 heavy (non-hydrogen) atoms. The minimum absolute atomic E-state index is 0.00331. The Balaban J connectivity index is 1.24. The summed E-state index contributed by atoms with van der Waals surface area (Å²) >= 11 is 0. The molecule has 5 aliphatic rings. The van der Waals surface area contributed by atoms with Gasteiger partial charge < -0.3 is 26.2 Å². The lowest BCUT2D eigenvalue weighted by molar-refractivity contribution is -0.145. The van der Waals surface area contributed by atoms with Crippen LogP contribution in [0.15, 0.2) is 24.5 Å². The maximum Gasteiger partial charge on any atom is 0.289 e. The number of nitrogens with zero attached hydrogens (tertiary/aromatic N) is 2. The second-order valence-corrected chi connectivity index (χ2v) is 15.0. The van der Waals surface area contributed by atoms with Crippen LogP contribution < -0.4 is 21.3 Å². The molecule has 3 unspecified atom stereocenters. The van der Waals surface area contributed by atoms with E-state index < -0.39 is 41.6 Å². The Morgan fingerprint density at radius 3 is 2.27 bits per heavy atom. The Morgan fingerprint density at radius 2 is 1.59 bits per heavy atom. The normalized spacial score (nSPS) is 26.2. The second-order valence-electron chi connectivity index (χ2n) is 15.0. The van der Waals surface area contributed by atoms with E-state index in [-0.39, 0.29) is 54.5 Å². The van der Waals surface area contributed by atoms with Gasteiger partial charge in [0.25, 0.3) is 5.91 Å². The van der Waals surface area contributed by atoms with Crippen LogP contribution in [-0.2, 0) is 28.8 Å². The van der Waals surface area contributed by atoms with Gasteiger partial charge in [-0.15, -0.1) is 0 Å². The van der Waals surface area contributed by atoms with Gasteiger partial charge in [-0.25, -0.2) is 0 Å². The molecule has 1 aromatic heterocycles. The molecule has 12 heteroatoms. The Hall–Kier alpha value is -3.83. The third kappa shape index (κ3) is 8.49. The number of carbonyl (C=O) groups is 6. The number of amides is 5. The highest BCUT2D eigenvalue weighted by Gasteiger charge is 2.46. The predicted molar refractivity (Wildman–Crippen MR) is 181 cm³/mol. The van der Waals surface area contributed by atoms with E-state index in [1.54, 1.807) is 17.3 Å². The highest BCUT2D eigenvalue weighted by Crippen LogP contribution is 2.36. The third-order valence-electron chi connectivity index (χ3n) is 11.7. The maximum atomic E-state index is 14.6. The molecule has 0 aromatic carbocycles. The van der Waals surface area contributed by atoms with Crippen molar-refractivity contribution in [2.45, 2.75) is 133 Å². The number of rotatable bonds is 12. The summed E-state index contributed by atoms with van der Waals surface area (Å²) in [5.74, 6) is -3.45. The average molecular weight is 677 g/mol. The largest absolute Gasteiger partial charge is 0.356 e. The minimum atomic E-state index is -1.21. The van der Waals surface area contributed by atoms with E-state index in [0.717, 1.165) is 89.0 Å². The molecule has 3 aliphatic carbocycles. The lowest BCUT2D eigenvalue weighted by Gasteiger charge is -2.33. The number of aromatic nitrogens is 1. The monoisotopic (exact) mass is 676 g/mol. The van der Waals surface area contributed by atoms with Crippen LogP contribution in [-0.4, -0.2) is 82.5 Å². The second kappa shape index (κ2) is 16.3. The van der Waals surface area contributed by atoms with E-state index in [9.17, 15) is 28.8 Å². The summed E-state index contributed by atoms with van der Waals surface area (Å²) in [6.07, 6.45) is 16.2. The minimum Gasteiger partial charge on any atom is -0.356 e. The Bertz CT molecular complexity index is 1370. The molecule has 0 radical (unpaired) electrons. The van der Waals surface area contributed by atoms with Crippen LogP contribution in [0.5, 0.6) is 0 Å². The van der Waals surface area contributed by atoms with Crippen LogP contribution in [0.4, 0.5) is 0 Å². The lowest BCUT2D eigenvalue weighted by Crippen LogP contribution is -2.58. The van der Waals surface area contributed by atoms with Gasteiger partial charge in [-0.1, -0.05) is 51.0 Å². The Labute approximate surface area is 288 Å². The molecule has 4 N–H and O–H groups in total. The SMILES string of the molecule is O=C(NC1CCCC1)C(=O)[C@H](C[C@@H]1CCNC1=O)NC(=O)C1CC(c2cccnc2)CN1C(=O)C(NC(=O)C1CCCCC1)C1CCCC1. The van der Waals surface area contributed by atoms with Gasteiger partial charge in [-0.3, -0.25) is 33.8 Å². The van der Waals surface area contributed by atoms with Crippen LogP contribution in [0.25, 0.3) is 0 Å². The van der Waals surface area contributed by atoms with E-state index in [4.69, 9.17) is 0 Å². The molecule has 2 aliphatic heterocycles. The van der Waals surface area contributed by atoms with Crippen LogP contribution in [0.3, 0.4) is 0 Å². The molecule has 3 heterocycles. The van der Waals surface area contributed by atoms with Crippen LogP contribution in [0.2, 0.25) is 0 Å². The van der Waals surface area contributed by atoms with Crippen molar-refractivity contribution >= 4 is 35.3 Å². The number of pyridine rings is 1. The molecule has 5 amide bonds. The van der Waals surface area contributed by atoms with Gasteiger partial charge in [-0.05, 0) is 75.3 Å². The molecule has 1 aromatic rings. The highest BCUT2D eigenvalue weighted by atomic mass is 16.2. The van der Waals surface area contributed by atoms with Crippen molar-refractivity contribution < 1.29 is 28.8 Å². The number of Topliss-reactive ketones (excluding diaryl/α,β-unsaturated/α-hetero) is 1. The lowest BCUT2D eigenvalue weighted by atomic mass is 9.87. The van der Waals surface area contributed by atoms with Gasteiger partial charge >= 0.3 is 0 Å². The van der Waals surface area contributed by atoms with Crippen molar-refractivity contribution in [3.05, 3.63) is 30.1 Å². The van der Waals surface area contributed by atoms with Crippen LogP contribution in [0, 0.1) is 17.8 Å². The number of likely N-dealkylation sites (tertiary alicyclic amines) is 1. The first-order valence-electron chi connectivity index (χ1n) is 18.7. The number of nitrogens with one attached hydrogen (secondary N) is 4. The molecule has 6 rings (SSSR count). The van der Waals surface area contributed by atoms with Crippen molar-refractivity contribution in [1.29, 1.82) is 0 Å². The standard InChI is InChI=1S/C37H52N6O6/c44-32(36(48)40-28-14-6-7-15-28)29(19-25-16-18-39-33(25)45)41-35(47)30-20-27(26-13-8-17-38-21-26)22-43(30)37(49)31(23-9-4-5-10-23)42-34(46)24-11-2-1-3-12-24/h8,13,17,21,23-25,27-31H,1-7,9-12,14-16,18-20,22H2,(H,39,45)(H,40,48)(H,41,47)(H,42,46)/t25-,27?,29-,30?,31?/m0/s1. The zero-order chi connectivity index (χ0) is 34.3. The summed E-state index contributed by atoms with van der Waals surface area (Å²) in [6.45, 7) is 0.733. The van der Waals surface area contributed by atoms with Crippen molar-refractivity contribution in [2.24, 2.45) is 17.8 Å². The molecular weight excluding hydrogens is 624 g/mol. The van der Waals surface area contributed by atoms with E-state index in [2.05, 4.69) is 26.3 Å². The smallest absolute Gasteiger partial charge is 0.289 e. The van der Waals surface area contributed by atoms with Crippen molar-refractivity contribution in [2.75, 3.05) is 13.1 Å². The number of hydrogen-bond donors (Lipinski definition) is 4. The summed E-state index contributed by atoms with van der Waals surface area (Å²) in [7, 11) is 0. The van der Waals surface area contributed by atoms with Crippen LogP contribution in [0.1, 0.15) is 114 Å². The Morgan fingerprint density at radius 1 is 0.878 bits per heavy atom. The third-order valence-corrected chi connectivity index (χ3v) is 11.7. The molecule has 0 spiro atoms. The summed E-state index contributed by atoms with van der Waals surface area (Å²) < 4.78 is 0. The molecular formula is C37H52N6O6. The summed E-state index contributed by atoms with van der Waals surface area (Å²) in [4.78, 5) is 87.6. The van der Waals surface area contributed by atoms with Gasteiger partial charge in [0.2, 0.25) is 29.4 Å². The van der Waals surface area contributed by atoms with E-state index >= 15 is 0 Å². The highest BCUT2D eigenvalue weighted by molar-refractivity contribution is 6.38. The zero-order valence-electron chi connectivity index (χ0n) is 28.5. The fraction of sp³-hybridized carbons (Fsp3) is 0.703. The van der Waals surface area contributed by atoms with E-state index in [1.165, 1.54) is 0 Å². The molecule has 0 bridgehead atoms. The summed E-state index contributed by atoms with van der Waals surface area (Å²) in [6, 6.07) is 0.787. The fourth-order valence-corrected chi connectivity index (χ4v) is 8.81. The van der Waals surface area contributed by atoms with E-state index in [1.807, 2.05) is 12.1 Å². The van der Waals surface area contributed by atoms with Gasteiger partial charge in [0.15, 0.2) is 0 Å². The van der Waals surface area contributed by atoms with Crippen molar-refractivity contribution in [3.8, 4) is 0 Å². The topological polar surface area (TPSA) is 167 Å². The van der Waals surface area contributed by atoms with Crippen molar-refractivity contribution in [3.63, 3.8) is 0 Å². The molecule has 3 saturated carbocycles. The van der Waals surface area contributed by atoms with Crippen LogP contribution >= 0.6 is 0 Å². The Kier molecular flexibility index (Phi) is 11.6. The molecule has 2 saturated heterocycles. The number of carbonyl (C=O) groups excluding carboxylic acids is 6. The van der Waals surface area contributed by atoms with Gasteiger partial charge in [0.05, 0.1) is 6.04 Å². The molecule has 266 valence electrons. The first-order valence-corrected chi connectivity index (χ1v) is 18.7.